The number of aromatic nitrogens is 4. The van der Waals surface area contributed by atoms with Crippen LogP contribution >= 0.6 is 11.8 Å². The van der Waals surface area contributed by atoms with Gasteiger partial charge in [0.05, 0.1) is 25.0 Å². The summed E-state index contributed by atoms with van der Waals surface area (Å²) in [5.74, 6) is 0.644. The smallest absolute Gasteiger partial charge is 0.265 e. The molecule has 5 rings (SSSR count). The number of carbonyl (C=O) groups is 1. The van der Waals surface area contributed by atoms with Crippen molar-refractivity contribution < 1.29 is 13.9 Å². The number of methoxy groups -OCH3 is 1. The van der Waals surface area contributed by atoms with E-state index in [2.05, 4.69) is 15.4 Å². The van der Waals surface area contributed by atoms with Crippen LogP contribution in [0.3, 0.4) is 0 Å². The van der Waals surface area contributed by atoms with E-state index in [1.807, 2.05) is 0 Å². The van der Waals surface area contributed by atoms with Crippen LogP contribution in [0.1, 0.15) is 12.5 Å². The Kier molecular flexibility index (Phi) is 5.14. The zero-order chi connectivity index (χ0) is 22.2. The predicted molar refractivity (Wildman–Crippen MR) is 119 cm³/mol. The number of anilines is 1. The first kappa shape index (κ1) is 20.3. The average Bonchev–Trinajstić information content (AvgIpc) is 3.39. The molecule has 2 aromatic heterocycles. The average molecular weight is 451 g/mol. The fraction of sp³-hybridized carbons (Fsp3) is 0.182. The predicted octanol–water partition coefficient (Wildman–Crippen LogP) is 3.41. The highest BCUT2D eigenvalue weighted by Crippen LogP contribution is 2.33. The normalized spacial score (nSPS) is 15.0. The van der Waals surface area contributed by atoms with Crippen LogP contribution in [0.2, 0.25) is 0 Å². The molecule has 0 radical (unpaired) electrons. The Hall–Kier alpha value is -3.66. The molecule has 162 valence electrons. The summed E-state index contributed by atoms with van der Waals surface area (Å²) < 4.78 is 21.5. The summed E-state index contributed by atoms with van der Waals surface area (Å²) in [6.45, 7) is 0. The van der Waals surface area contributed by atoms with Gasteiger partial charge in [0.25, 0.3) is 5.56 Å². The molecule has 2 aromatic carbocycles. The number of hydrogen-bond donors (Lipinski definition) is 1. The largest absolute Gasteiger partial charge is 0.497 e. The van der Waals surface area contributed by atoms with Crippen molar-refractivity contribution in [3.8, 4) is 11.4 Å². The summed E-state index contributed by atoms with van der Waals surface area (Å²) in [5, 5.41) is 8.00. The van der Waals surface area contributed by atoms with Crippen LogP contribution < -0.4 is 15.6 Å². The number of fused-ring (bicyclic) bond motifs is 2. The van der Waals surface area contributed by atoms with Gasteiger partial charge in [-0.25, -0.2) is 14.1 Å². The first-order valence-corrected chi connectivity index (χ1v) is 10.8. The number of halogens is 1. The van der Waals surface area contributed by atoms with E-state index in [9.17, 15) is 14.0 Å². The van der Waals surface area contributed by atoms with Gasteiger partial charge in [-0.1, -0.05) is 17.8 Å². The van der Waals surface area contributed by atoms with Gasteiger partial charge in [0.15, 0.2) is 10.8 Å². The number of nitrogens with zero attached hydrogens (tertiary/aromatic N) is 4. The Morgan fingerprint density at radius 3 is 2.88 bits per heavy atom. The van der Waals surface area contributed by atoms with Crippen molar-refractivity contribution in [2.24, 2.45) is 0 Å². The molecular weight excluding hydrogens is 433 g/mol. The number of amides is 1. The summed E-state index contributed by atoms with van der Waals surface area (Å²) in [6.07, 6.45) is 1.59. The highest BCUT2D eigenvalue weighted by molar-refractivity contribution is 7.99. The van der Waals surface area contributed by atoms with E-state index in [-0.39, 0.29) is 29.7 Å². The molecule has 1 atom stereocenters. The van der Waals surface area contributed by atoms with Gasteiger partial charge in [0.2, 0.25) is 5.91 Å². The lowest BCUT2D eigenvalue weighted by molar-refractivity contribution is -0.116. The molecule has 8 nitrogen and oxygen atoms in total. The van der Waals surface area contributed by atoms with Gasteiger partial charge in [0, 0.05) is 23.9 Å². The van der Waals surface area contributed by atoms with Crippen LogP contribution in [-0.4, -0.2) is 38.1 Å². The number of rotatable bonds is 5. The molecule has 1 unspecified atom stereocenters. The van der Waals surface area contributed by atoms with Crippen molar-refractivity contribution in [3.05, 3.63) is 70.9 Å². The summed E-state index contributed by atoms with van der Waals surface area (Å²) in [6, 6.07) is 12.6. The number of thioether (sulfide) groups is 1. The zero-order valence-corrected chi connectivity index (χ0v) is 17.8. The van der Waals surface area contributed by atoms with E-state index in [1.165, 1.54) is 34.8 Å². The molecule has 1 aliphatic rings. The minimum absolute atomic E-state index is 0.135. The third kappa shape index (κ3) is 3.62. The molecule has 0 aliphatic carbocycles. The number of benzene rings is 2. The molecule has 0 saturated heterocycles. The van der Waals surface area contributed by atoms with Crippen LogP contribution in [0.25, 0.3) is 16.7 Å². The molecule has 0 bridgehead atoms. The summed E-state index contributed by atoms with van der Waals surface area (Å²) in [4.78, 5) is 30.5. The number of hydrogen-bond acceptors (Lipinski definition) is 6. The lowest BCUT2D eigenvalue weighted by atomic mass is 10.2. The molecule has 0 spiro atoms. The van der Waals surface area contributed by atoms with Crippen LogP contribution in [0.5, 0.6) is 5.75 Å². The monoisotopic (exact) mass is 451 g/mol. The topological polar surface area (TPSA) is 91.0 Å². The van der Waals surface area contributed by atoms with E-state index in [0.717, 1.165) is 0 Å². The third-order valence-electron chi connectivity index (χ3n) is 5.22. The first-order valence-electron chi connectivity index (χ1n) is 9.86. The van der Waals surface area contributed by atoms with E-state index in [1.54, 1.807) is 48.1 Å². The zero-order valence-electron chi connectivity index (χ0n) is 17.0. The molecule has 3 heterocycles. The van der Waals surface area contributed by atoms with Crippen LogP contribution in [0, 0.1) is 5.82 Å². The summed E-state index contributed by atoms with van der Waals surface area (Å²) in [5.41, 5.74) is 1.39. The number of nitrogens with one attached hydrogen (secondary N) is 1. The van der Waals surface area contributed by atoms with Crippen molar-refractivity contribution in [1.29, 1.82) is 0 Å². The van der Waals surface area contributed by atoms with Gasteiger partial charge in [-0.05, 0) is 36.4 Å². The molecule has 32 heavy (non-hydrogen) atoms. The molecule has 4 aromatic rings. The molecule has 1 N–H and O–H groups in total. The molecule has 1 aliphatic heterocycles. The Bertz CT molecular complexity index is 1380. The SMILES string of the molecule is COc1cccc(NC(=O)CC2CSc3nc4c(cnn4-c4ccc(F)cc4)c(=O)n32)c1. The molecule has 0 saturated carbocycles. The standard InChI is InChI=1S/C22H18FN5O3S/c1-31-17-4-2-3-14(9-17)25-19(29)10-16-12-32-22-26-20-18(21(30)27(16)22)11-24-28(20)15-7-5-13(23)6-8-15/h2-9,11,16H,10,12H2,1H3,(H,25,29). The van der Waals surface area contributed by atoms with Crippen molar-refractivity contribution in [1.82, 2.24) is 19.3 Å². The highest BCUT2D eigenvalue weighted by atomic mass is 32.2. The second-order valence-corrected chi connectivity index (χ2v) is 8.28. The molecule has 10 heteroatoms. The molecular formula is C22H18FN5O3S. The van der Waals surface area contributed by atoms with Crippen molar-refractivity contribution in [3.63, 3.8) is 0 Å². The van der Waals surface area contributed by atoms with Gasteiger partial charge in [-0.2, -0.15) is 5.10 Å². The van der Waals surface area contributed by atoms with Crippen LogP contribution in [-0.2, 0) is 4.79 Å². The van der Waals surface area contributed by atoms with E-state index >= 15 is 0 Å². The Labute approximate surface area is 186 Å². The quantitative estimate of drug-likeness (QED) is 0.468. The molecule has 1 amide bonds. The fourth-order valence-corrected chi connectivity index (χ4v) is 4.81. The second-order valence-electron chi connectivity index (χ2n) is 7.29. The maximum Gasteiger partial charge on any atom is 0.265 e. The van der Waals surface area contributed by atoms with Gasteiger partial charge in [-0.3, -0.25) is 14.2 Å². The highest BCUT2D eigenvalue weighted by Gasteiger charge is 2.29. The minimum Gasteiger partial charge on any atom is -0.497 e. The number of ether oxygens (including phenoxy) is 1. The Morgan fingerprint density at radius 2 is 2.09 bits per heavy atom. The summed E-state index contributed by atoms with van der Waals surface area (Å²) in [7, 11) is 1.56. The van der Waals surface area contributed by atoms with E-state index in [0.29, 0.717) is 39.1 Å². The van der Waals surface area contributed by atoms with Crippen molar-refractivity contribution in [2.75, 3.05) is 18.2 Å². The molecule has 0 fully saturated rings. The van der Waals surface area contributed by atoms with E-state index in [4.69, 9.17) is 4.74 Å². The lowest BCUT2D eigenvalue weighted by Crippen LogP contribution is -2.27. The van der Waals surface area contributed by atoms with Gasteiger partial charge in [-0.15, -0.1) is 0 Å². The minimum atomic E-state index is -0.357. The van der Waals surface area contributed by atoms with Gasteiger partial charge >= 0.3 is 0 Å². The lowest BCUT2D eigenvalue weighted by Gasteiger charge is -2.14. The third-order valence-corrected chi connectivity index (χ3v) is 6.31. The maximum absolute atomic E-state index is 13.3. The summed E-state index contributed by atoms with van der Waals surface area (Å²) >= 11 is 1.42. The number of carbonyl (C=O) groups excluding carboxylic acids is 1. The first-order chi connectivity index (χ1) is 15.5. The Balaban J connectivity index is 1.42. The fourth-order valence-electron chi connectivity index (χ4n) is 3.68. The van der Waals surface area contributed by atoms with Crippen LogP contribution in [0.15, 0.2) is 64.7 Å². The van der Waals surface area contributed by atoms with Gasteiger partial charge < -0.3 is 10.1 Å². The van der Waals surface area contributed by atoms with Gasteiger partial charge in [0.1, 0.15) is 17.0 Å². The second kappa shape index (κ2) is 8.12. The van der Waals surface area contributed by atoms with E-state index < -0.39 is 0 Å². The maximum atomic E-state index is 13.3. The van der Waals surface area contributed by atoms with Crippen molar-refractivity contribution >= 4 is 34.4 Å². The van der Waals surface area contributed by atoms with Crippen molar-refractivity contribution in [2.45, 2.75) is 17.6 Å². The van der Waals surface area contributed by atoms with Crippen LogP contribution in [0.4, 0.5) is 10.1 Å². The Morgan fingerprint density at radius 1 is 1.28 bits per heavy atom.